The van der Waals surface area contributed by atoms with Gasteiger partial charge in [0.05, 0.1) is 6.61 Å². The Morgan fingerprint density at radius 2 is 1.66 bits per heavy atom. The summed E-state index contributed by atoms with van der Waals surface area (Å²) in [6.45, 7) is 17.4. The number of hydrogen-bond donors (Lipinski definition) is 2. The molecule has 0 saturated carbocycles. The quantitative estimate of drug-likeness (QED) is 0.587. The molecule has 0 radical (unpaired) electrons. The SMILES string of the molecule is CC(C)[Si]1(C(C)C)OC[C@H]2O[C@@H](n3cnc(C(N)=O)n3)[C@H](O)C2O[Si](C(C)C)(C(C)C)O1. The van der Waals surface area contributed by atoms with Crippen LogP contribution in [0.25, 0.3) is 0 Å². The molecule has 2 saturated heterocycles. The Bertz CT molecular complexity index is 802. The molecule has 10 nitrogen and oxygen atoms in total. The van der Waals surface area contributed by atoms with E-state index in [-0.39, 0.29) is 34.6 Å². The van der Waals surface area contributed by atoms with E-state index in [4.69, 9.17) is 23.4 Å². The molecule has 1 amide bonds. The molecule has 3 N–H and O–H groups in total. The largest absolute Gasteiger partial charge is 0.414 e. The number of hydrogen-bond acceptors (Lipinski definition) is 8. The number of carbonyl (C=O) groups excluding carboxylic acids is 1. The van der Waals surface area contributed by atoms with Crippen LogP contribution in [0.5, 0.6) is 0 Å². The minimum Gasteiger partial charge on any atom is -0.414 e. The Labute approximate surface area is 192 Å². The summed E-state index contributed by atoms with van der Waals surface area (Å²) in [5.41, 5.74) is 5.96. The van der Waals surface area contributed by atoms with Crippen LogP contribution in [0.3, 0.4) is 0 Å². The zero-order chi connectivity index (χ0) is 24.0. The van der Waals surface area contributed by atoms with Gasteiger partial charge in [-0.05, 0) is 22.2 Å². The van der Waals surface area contributed by atoms with Gasteiger partial charge in [-0.25, -0.2) is 9.67 Å². The number of fused-ring (bicyclic) bond motifs is 1. The van der Waals surface area contributed by atoms with Crippen LogP contribution in [-0.2, 0) is 17.7 Å². The highest BCUT2D eigenvalue weighted by atomic mass is 28.5. The molecule has 0 spiro atoms. The lowest BCUT2D eigenvalue weighted by Gasteiger charge is -2.51. The number of rotatable bonds is 6. The third-order valence-corrected chi connectivity index (χ3v) is 16.9. The predicted molar refractivity (Wildman–Crippen MR) is 122 cm³/mol. The molecular weight excluding hydrogens is 448 g/mol. The van der Waals surface area contributed by atoms with E-state index < -0.39 is 47.6 Å². The van der Waals surface area contributed by atoms with Crippen molar-refractivity contribution in [2.24, 2.45) is 5.73 Å². The lowest BCUT2D eigenvalue weighted by atomic mass is 10.1. The molecule has 12 heteroatoms. The van der Waals surface area contributed by atoms with Gasteiger partial charge in [-0.15, -0.1) is 5.10 Å². The lowest BCUT2D eigenvalue weighted by molar-refractivity contribution is -0.0631. The standard InChI is InChI=1S/C20H38N4O6Si2/c1-11(2)31(12(3)4)27-9-15-17(29-32(30-31,13(5)6)14(7)8)16(25)20(28-15)24-10-22-19(23-24)18(21)26/h10-17,20,25H,9H2,1-8H3,(H2,21,26)/t15-,16-,17?,20-/m1/s1. The molecule has 2 aliphatic heterocycles. The summed E-state index contributed by atoms with van der Waals surface area (Å²) >= 11 is 0. The molecule has 0 aromatic carbocycles. The number of nitrogens with two attached hydrogens (primary N) is 1. The molecule has 3 heterocycles. The van der Waals surface area contributed by atoms with Gasteiger partial charge in [-0.3, -0.25) is 4.79 Å². The second-order valence-corrected chi connectivity index (χ2v) is 18.9. The number of aromatic nitrogens is 3. The van der Waals surface area contributed by atoms with Gasteiger partial charge >= 0.3 is 17.1 Å². The highest BCUT2D eigenvalue weighted by Gasteiger charge is 2.61. The first kappa shape index (κ1) is 25.5. The van der Waals surface area contributed by atoms with E-state index in [0.717, 1.165) is 0 Å². The zero-order valence-electron chi connectivity index (χ0n) is 20.3. The van der Waals surface area contributed by atoms with Crippen molar-refractivity contribution in [3.8, 4) is 0 Å². The number of amides is 1. The molecule has 2 aliphatic rings. The van der Waals surface area contributed by atoms with Gasteiger partial charge in [-0.1, -0.05) is 55.4 Å². The Kier molecular flexibility index (Phi) is 7.35. The normalized spacial score (nSPS) is 30.0. The molecule has 3 rings (SSSR count). The van der Waals surface area contributed by atoms with E-state index in [9.17, 15) is 9.90 Å². The summed E-state index contributed by atoms with van der Waals surface area (Å²) in [6, 6.07) is 0. The molecule has 1 aromatic heterocycles. The van der Waals surface area contributed by atoms with E-state index in [1.54, 1.807) is 0 Å². The first-order chi connectivity index (χ1) is 14.9. The third-order valence-electron chi connectivity index (χ3n) is 6.63. The van der Waals surface area contributed by atoms with Crippen molar-refractivity contribution in [2.75, 3.05) is 6.61 Å². The summed E-state index contributed by atoms with van der Waals surface area (Å²) in [5.74, 6) is -0.879. The second kappa shape index (κ2) is 9.24. The maximum atomic E-state index is 11.4. The van der Waals surface area contributed by atoms with Crippen LogP contribution in [-0.4, -0.2) is 67.8 Å². The fourth-order valence-electron chi connectivity index (χ4n) is 4.87. The van der Waals surface area contributed by atoms with Crippen molar-refractivity contribution in [3.05, 3.63) is 12.2 Å². The van der Waals surface area contributed by atoms with Gasteiger partial charge in [0.25, 0.3) is 5.91 Å². The fraction of sp³-hybridized carbons (Fsp3) is 0.850. The van der Waals surface area contributed by atoms with Crippen molar-refractivity contribution in [1.82, 2.24) is 14.8 Å². The molecule has 2 fully saturated rings. The first-order valence-corrected chi connectivity index (χ1v) is 15.4. The molecule has 1 unspecified atom stereocenters. The Morgan fingerprint density at radius 3 is 2.12 bits per heavy atom. The number of aliphatic hydroxyl groups is 1. The molecule has 4 atom stereocenters. The maximum absolute atomic E-state index is 11.4. The first-order valence-electron chi connectivity index (χ1n) is 11.4. The van der Waals surface area contributed by atoms with Crippen LogP contribution in [0.4, 0.5) is 0 Å². The number of ether oxygens (including phenoxy) is 1. The summed E-state index contributed by atoms with van der Waals surface area (Å²) in [4.78, 5) is 15.3. The van der Waals surface area contributed by atoms with Crippen molar-refractivity contribution >= 4 is 23.0 Å². The van der Waals surface area contributed by atoms with Crippen molar-refractivity contribution in [2.45, 2.75) is 102 Å². The van der Waals surface area contributed by atoms with Crippen LogP contribution >= 0.6 is 0 Å². The van der Waals surface area contributed by atoms with Gasteiger partial charge in [-0.2, -0.15) is 0 Å². The third kappa shape index (κ3) is 4.21. The number of aliphatic hydroxyl groups excluding tert-OH is 1. The highest BCUT2D eigenvalue weighted by molar-refractivity contribution is 6.83. The highest BCUT2D eigenvalue weighted by Crippen LogP contribution is 2.48. The zero-order valence-corrected chi connectivity index (χ0v) is 22.3. The molecule has 0 aliphatic carbocycles. The van der Waals surface area contributed by atoms with Crippen molar-refractivity contribution < 1.29 is 27.6 Å². The van der Waals surface area contributed by atoms with Crippen molar-refractivity contribution in [3.63, 3.8) is 0 Å². The monoisotopic (exact) mass is 486 g/mol. The Morgan fingerprint density at radius 1 is 1.09 bits per heavy atom. The summed E-state index contributed by atoms with van der Waals surface area (Å²) < 4.78 is 28.1. The molecule has 182 valence electrons. The number of carbonyl (C=O) groups is 1. The van der Waals surface area contributed by atoms with Gasteiger partial charge in [0.15, 0.2) is 6.23 Å². The minimum absolute atomic E-state index is 0.133. The van der Waals surface area contributed by atoms with E-state index in [1.807, 2.05) is 0 Å². The fourth-order valence-corrected chi connectivity index (χ4v) is 16.1. The van der Waals surface area contributed by atoms with Gasteiger partial charge in [0.2, 0.25) is 5.82 Å². The lowest BCUT2D eigenvalue weighted by Crippen LogP contribution is -2.65. The van der Waals surface area contributed by atoms with E-state index in [1.165, 1.54) is 11.0 Å². The smallest absolute Gasteiger partial charge is 0.335 e. The average molecular weight is 487 g/mol. The Balaban J connectivity index is 2.03. The van der Waals surface area contributed by atoms with Crippen LogP contribution in [0.1, 0.15) is 72.2 Å². The average Bonchev–Trinajstić information content (AvgIpc) is 3.27. The summed E-state index contributed by atoms with van der Waals surface area (Å²) in [6.07, 6.45) is -1.72. The van der Waals surface area contributed by atoms with Gasteiger partial charge in [0.1, 0.15) is 24.6 Å². The minimum atomic E-state index is -2.87. The molecule has 32 heavy (non-hydrogen) atoms. The molecule has 1 aromatic rings. The van der Waals surface area contributed by atoms with Crippen LogP contribution in [0.15, 0.2) is 6.33 Å². The van der Waals surface area contributed by atoms with Gasteiger partial charge in [0, 0.05) is 0 Å². The van der Waals surface area contributed by atoms with Crippen LogP contribution < -0.4 is 5.73 Å². The summed E-state index contributed by atoms with van der Waals surface area (Å²) in [7, 11) is -5.57. The second-order valence-electron chi connectivity index (χ2n) is 10.0. The van der Waals surface area contributed by atoms with E-state index >= 15 is 0 Å². The number of primary amides is 1. The molecule has 0 bridgehead atoms. The van der Waals surface area contributed by atoms with E-state index in [0.29, 0.717) is 0 Å². The molecular formula is C20H38N4O6Si2. The van der Waals surface area contributed by atoms with Crippen molar-refractivity contribution in [1.29, 1.82) is 0 Å². The predicted octanol–water partition coefficient (Wildman–Crippen LogP) is 2.59. The Hall–Kier alpha value is -1.16. The topological polar surface area (TPSA) is 131 Å². The van der Waals surface area contributed by atoms with Crippen LogP contribution in [0.2, 0.25) is 22.2 Å². The van der Waals surface area contributed by atoms with E-state index in [2.05, 4.69) is 65.5 Å². The number of nitrogens with zero attached hydrogens (tertiary/aromatic N) is 3. The van der Waals surface area contributed by atoms with Crippen LogP contribution in [0, 0.1) is 0 Å². The van der Waals surface area contributed by atoms with Gasteiger partial charge < -0.3 is 28.5 Å². The summed E-state index contributed by atoms with van der Waals surface area (Å²) in [5, 5.41) is 15.3. The maximum Gasteiger partial charge on any atom is 0.335 e.